The molecule has 1 aromatic rings. The number of nitrogens with zero attached hydrogens (tertiary/aromatic N) is 1. The molecule has 0 spiro atoms. The van der Waals surface area contributed by atoms with E-state index in [2.05, 4.69) is 4.98 Å². The van der Waals surface area contributed by atoms with Crippen LogP contribution in [0.15, 0.2) is 18.3 Å². The van der Waals surface area contributed by atoms with Gasteiger partial charge in [0.25, 0.3) is 0 Å². The molecule has 52 valence electrons. The van der Waals surface area contributed by atoms with Crippen molar-refractivity contribution in [3.05, 3.63) is 29.0 Å². The standard InChI is InChI=1S/C8H8ClN/c9-7-2-1-5-10-8(7)6-3-4-6/h1-2,5-6H,3-4H2. The van der Waals surface area contributed by atoms with Crippen molar-refractivity contribution in [1.82, 2.24) is 4.98 Å². The third-order valence-corrected chi connectivity index (χ3v) is 2.07. The van der Waals surface area contributed by atoms with E-state index in [4.69, 9.17) is 11.6 Å². The molecular weight excluding hydrogens is 146 g/mol. The minimum atomic E-state index is 0.661. The molecule has 0 amide bonds. The number of aromatic nitrogens is 1. The van der Waals surface area contributed by atoms with Crippen molar-refractivity contribution >= 4 is 11.6 Å². The average Bonchev–Trinajstić information content (AvgIpc) is 2.71. The van der Waals surface area contributed by atoms with Gasteiger partial charge in [0.2, 0.25) is 0 Å². The zero-order valence-electron chi connectivity index (χ0n) is 5.55. The number of hydrogen-bond donors (Lipinski definition) is 0. The van der Waals surface area contributed by atoms with Crippen LogP contribution in [-0.2, 0) is 0 Å². The summed E-state index contributed by atoms with van der Waals surface area (Å²) in [5.41, 5.74) is 1.09. The van der Waals surface area contributed by atoms with Crippen molar-refractivity contribution in [3.8, 4) is 0 Å². The molecule has 0 unspecified atom stereocenters. The molecular formula is C8H8ClN. The van der Waals surface area contributed by atoms with Crippen LogP contribution in [-0.4, -0.2) is 4.98 Å². The van der Waals surface area contributed by atoms with E-state index < -0.39 is 0 Å². The zero-order valence-corrected chi connectivity index (χ0v) is 6.30. The molecule has 10 heavy (non-hydrogen) atoms. The summed E-state index contributed by atoms with van der Waals surface area (Å²) >= 11 is 5.90. The van der Waals surface area contributed by atoms with Gasteiger partial charge in [-0.3, -0.25) is 4.98 Å². The van der Waals surface area contributed by atoms with E-state index in [1.807, 2.05) is 12.1 Å². The van der Waals surface area contributed by atoms with Gasteiger partial charge in [0.05, 0.1) is 10.7 Å². The predicted octanol–water partition coefficient (Wildman–Crippen LogP) is 2.61. The maximum atomic E-state index is 5.90. The topological polar surface area (TPSA) is 12.9 Å². The number of hydrogen-bond acceptors (Lipinski definition) is 1. The summed E-state index contributed by atoms with van der Waals surface area (Å²) in [6.07, 6.45) is 4.33. The lowest BCUT2D eigenvalue weighted by molar-refractivity contribution is 1.02. The second kappa shape index (κ2) is 2.24. The Morgan fingerprint density at radius 1 is 1.50 bits per heavy atom. The van der Waals surface area contributed by atoms with Crippen LogP contribution in [0.5, 0.6) is 0 Å². The van der Waals surface area contributed by atoms with Crippen molar-refractivity contribution in [1.29, 1.82) is 0 Å². The van der Waals surface area contributed by atoms with Crippen molar-refractivity contribution in [2.24, 2.45) is 0 Å². The van der Waals surface area contributed by atoms with Crippen molar-refractivity contribution in [3.63, 3.8) is 0 Å². The molecule has 0 aliphatic heterocycles. The smallest absolute Gasteiger partial charge is 0.0624 e. The van der Waals surface area contributed by atoms with Gasteiger partial charge in [-0.2, -0.15) is 0 Å². The highest BCUT2D eigenvalue weighted by Crippen LogP contribution is 2.41. The Morgan fingerprint density at radius 2 is 2.30 bits per heavy atom. The van der Waals surface area contributed by atoms with E-state index in [1.165, 1.54) is 12.8 Å². The Morgan fingerprint density at radius 3 is 2.90 bits per heavy atom. The highest BCUT2D eigenvalue weighted by Gasteiger charge is 2.26. The average molecular weight is 154 g/mol. The summed E-state index contributed by atoms with van der Waals surface area (Å²) in [6, 6.07) is 3.77. The van der Waals surface area contributed by atoms with Crippen molar-refractivity contribution in [2.75, 3.05) is 0 Å². The number of halogens is 1. The first-order valence-corrected chi connectivity index (χ1v) is 3.86. The van der Waals surface area contributed by atoms with Crippen LogP contribution in [0.25, 0.3) is 0 Å². The summed E-state index contributed by atoms with van der Waals surface area (Å²) in [4.78, 5) is 4.21. The predicted molar refractivity (Wildman–Crippen MR) is 41.2 cm³/mol. The van der Waals surface area contributed by atoms with E-state index >= 15 is 0 Å². The summed E-state index contributed by atoms with van der Waals surface area (Å²) in [6.45, 7) is 0. The maximum absolute atomic E-state index is 5.90. The fourth-order valence-corrected chi connectivity index (χ4v) is 1.33. The normalized spacial score (nSPS) is 17.3. The van der Waals surface area contributed by atoms with Gasteiger partial charge < -0.3 is 0 Å². The lowest BCUT2D eigenvalue weighted by Crippen LogP contribution is -1.84. The Kier molecular flexibility index (Phi) is 1.38. The summed E-state index contributed by atoms with van der Waals surface area (Å²) in [5, 5.41) is 0.824. The monoisotopic (exact) mass is 153 g/mol. The van der Waals surface area contributed by atoms with Crippen LogP contribution in [0.2, 0.25) is 5.02 Å². The molecule has 1 aliphatic carbocycles. The highest BCUT2D eigenvalue weighted by atomic mass is 35.5. The third kappa shape index (κ3) is 1.01. The Balaban J connectivity index is 2.39. The summed E-state index contributed by atoms with van der Waals surface area (Å²) in [7, 11) is 0. The van der Waals surface area contributed by atoms with Crippen LogP contribution >= 0.6 is 11.6 Å². The van der Waals surface area contributed by atoms with E-state index in [9.17, 15) is 0 Å². The van der Waals surface area contributed by atoms with Crippen molar-refractivity contribution < 1.29 is 0 Å². The molecule has 0 saturated heterocycles. The molecule has 1 fully saturated rings. The zero-order chi connectivity index (χ0) is 6.97. The fourth-order valence-electron chi connectivity index (χ4n) is 1.06. The number of pyridine rings is 1. The van der Waals surface area contributed by atoms with Gasteiger partial charge in [-0.15, -0.1) is 0 Å². The van der Waals surface area contributed by atoms with Crippen LogP contribution < -0.4 is 0 Å². The molecule has 0 aromatic carbocycles. The summed E-state index contributed by atoms with van der Waals surface area (Å²) < 4.78 is 0. The first-order chi connectivity index (χ1) is 4.88. The largest absolute Gasteiger partial charge is 0.259 e. The molecule has 0 N–H and O–H groups in total. The van der Waals surface area contributed by atoms with Crippen LogP contribution in [0.4, 0.5) is 0 Å². The Labute approximate surface area is 65.0 Å². The molecule has 0 atom stereocenters. The molecule has 2 rings (SSSR count). The lowest BCUT2D eigenvalue weighted by atomic mass is 10.2. The second-order valence-corrected chi connectivity index (χ2v) is 3.05. The second-order valence-electron chi connectivity index (χ2n) is 2.64. The molecule has 1 saturated carbocycles. The fraction of sp³-hybridized carbons (Fsp3) is 0.375. The molecule has 0 radical (unpaired) electrons. The first-order valence-electron chi connectivity index (χ1n) is 3.48. The van der Waals surface area contributed by atoms with Gasteiger partial charge in [-0.25, -0.2) is 0 Å². The van der Waals surface area contributed by atoms with E-state index in [0.717, 1.165) is 10.7 Å². The van der Waals surface area contributed by atoms with Crippen LogP contribution in [0.1, 0.15) is 24.5 Å². The van der Waals surface area contributed by atoms with Gasteiger partial charge in [0.15, 0.2) is 0 Å². The third-order valence-electron chi connectivity index (χ3n) is 1.75. The molecule has 1 nitrogen and oxygen atoms in total. The molecule has 1 aliphatic rings. The van der Waals surface area contributed by atoms with Crippen molar-refractivity contribution in [2.45, 2.75) is 18.8 Å². The van der Waals surface area contributed by atoms with Gasteiger partial charge >= 0.3 is 0 Å². The van der Waals surface area contributed by atoms with Crippen LogP contribution in [0, 0.1) is 0 Å². The SMILES string of the molecule is Clc1cccnc1C1CC1. The van der Waals surface area contributed by atoms with Gasteiger partial charge in [-0.05, 0) is 25.0 Å². The molecule has 1 aromatic heterocycles. The van der Waals surface area contributed by atoms with Gasteiger partial charge in [0.1, 0.15) is 0 Å². The Hall–Kier alpha value is -0.560. The van der Waals surface area contributed by atoms with Crippen LogP contribution in [0.3, 0.4) is 0 Å². The summed E-state index contributed by atoms with van der Waals surface area (Å²) in [5.74, 6) is 0.661. The Bertz CT molecular complexity index is 243. The maximum Gasteiger partial charge on any atom is 0.0624 e. The lowest BCUT2D eigenvalue weighted by Gasteiger charge is -1.97. The number of rotatable bonds is 1. The molecule has 0 bridgehead atoms. The molecule has 1 heterocycles. The van der Waals surface area contributed by atoms with Gasteiger partial charge in [0, 0.05) is 12.1 Å². The first kappa shape index (κ1) is 6.17. The van der Waals surface area contributed by atoms with Gasteiger partial charge in [-0.1, -0.05) is 11.6 Å². The van der Waals surface area contributed by atoms with E-state index in [0.29, 0.717) is 5.92 Å². The molecule has 2 heteroatoms. The quantitative estimate of drug-likeness (QED) is 0.605. The minimum absolute atomic E-state index is 0.661. The van der Waals surface area contributed by atoms with E-state index in [1.54, 1.807) is 6.20 Å². The highest BCUT2D eigenvalue weighted by molar-refractivity contribution is 6.31. The van der Waals surface area contributed by atoms with E-state index in [-0.39, 0.29) is 0 Å². The minimum Gasteiger partial charge on any atom is -0.259 e.